The van der Waals surface area contributed by atoms with Crippen molar-refractivity contribution in [2.24, 2.45) is 5.10 Å². The minimum absolute atomic E-state index is 0.118. The van der Waals surface area contributed by atoms with E-state index in [1.165, 1.54) is 18.3 Å². The molecule has 0 bridgehead atoms. The van der Waals surface area contributed by atoms with Gasteiger partial charge in [-0.15, -0.1) is 0 Å². The van der Waals surface area contributed by atoms with Crippen molar-refractivity contribution >= 4 is 39.7 Å². The van der Waals surface area contributed by atoms with Crippen LogP contribution in [0.3, 0.4) is 0 Å². The zero-order chi connectivity index (χ0) is 17.8. The SMILES string of the molecule is O=C(N/N=C\c1ccc(-c2ccc(Cl)cc2)o1)c1cc(Br)ccc1O. The number of phenols is 1. The molecule has 2 aromatic carbocycles. The summed E-state index contributed by atoms with van der Waals surface area (Å²) >= 11 is 9.11. The lowest BCUT2D eigenvalue weighted by Gasteiger charge is -2.03. The monoisotopic (exact) mass is 418 g/mol. The van der Waals surface area contributed by atoms with Gasteiger partial charge in [0.25, 0.3) is 5.91 Å². The fourth-order valence-corrected chi connectivity index (χ4v) is 2.58. The molecule has 0 aliphatic carbocycles. The number of nitrogens with zero attached hydrogens (tertiary/aromatic N) is 1. The molecule has 0 atom stereocenters. The van der Waals surface area contributed by atoms with E-state index in [9.17, 15) is 9.90 Å². The molecule has 1 aromatic heterocycles. The first-order valence-electron chi connectivity index (χ1n) is 7.20. The molecule has 0 aliphatic heterocycles. The first kappa shape index (κ1) is 17.3. The minimum atomic E-state index is -0.528. The molecule has 0 fully saturated rings. The van der Waals surface area contributed by atoms with Gasteiger partial charge in [-0.1, -0.05) is 27.5 Å². The van der Waals surface area contributed by atoms with Crippen molar-refractivity contribution in [3.05, 3.63) is 75.4 Å². The van der Waals surface area contributed by atoms with Gasteiger partial charge < -0.3 is 9.52 Å². The Kier molecular flexibility index (Phi) is 5.21. The van der Waals surface area contributed by atoms with Crippen LogP contribution in [0.5, 0.6) is 5.75 Å². The number of carbonyl (C=O) groups is 1. The Balaban J connectivity index is 1.67. The van der Waals surface area contributed by atoms with Crippen LogP contribution in [0.2, 0.25) is 5.02 Å². The number of hydrogen-bond donors (Lipinski definition) is 2. The van der Waals surface area contributed by atoms with E-state index in [0.29, 0.717) is 21.0 Å². The van der Waals surface area contributed by atoms with Crippen LogP contribution in [-0.4, -0.2) is 17.2 Å². The molecule has 3 aromatic rings. The maximum Gasteiger partial charge on any atom is 0.275 e. The van der Waals surface area contributed by atoms with Gasteiger partial charge in [-0.2, -0.15) is 5.10 Å². The number of benzene rings is 2. The molecule has 0 radical (unpaired) electrons. The number of rotatable bonds is 4. The van der Waals surface area contributed by atoms with Crippen LogP contribution in [0.4, 0.5) is 0 Å². The fraction of sp³-hybridized carbons (Fsp3) is 0. The quantitative estimate of drug-likeness (QED) is 0.470. The van der Waals surface area contributed by atoms with Crippen molar-refractivity contribution in [2.45, 2.75) is 0 Å². The summed E-state index contributed by atoms with van der Waals surface area (Å²) in [6.45, 7) is 0. The van der Waals surface area contributed by atoms with Crippen LogP contribution < -0.4 is 5.43 Å². The third kappa shape index (κ3) is 4.29. The van der Waals surface area contributed by atoms with Gasteiger partial charge in [-0.25, -0.2) is 5.43 Å². The standard InChI is InChI=1S/C18H12BrClN2O3/c19-12-3-7-16(23)15(9-12)18(24)22-21-10-14-6-8-17(25-14)11-1-4-13(20)5-2-11/h1-10,23H,(H,22,24)/b21-10-. The Labute approximate surface area is 157 Å². The van der Waals surface area contributed by atoms with Crippen molar-refractivity contribution in [2.75, 3.05) is 0 Å². The van der Waals surface area contributed by atoms with Gasteiger partial charge in [0.1, 0.15) is 17.3 Å². The van der Waals surface area contributed by atoms with E-state index in [1.54, 1.807) is 30.3 Å². The molecule has 3 rings (SSSR count). The van der Waals surface area contributed by atoms with E-state index in [0.717, 1.165) is 5.56 Å². The number of aromatic hydroxyl groups is 1. The van der Waals surface area contributed by atoms with E-state index < -0.39 is 5.91 Å². The molecular formula is C18H12BrClN2O3. The number of carbonyl (C=O) groups excluding carboxylic acids is 1. The van der Waals surface area contributed by atoms with Crippen molar-refractivity contribution in [1.82, 2.24) is 5.43 Å². The first-order valence-corrected chi connectivity index (χ1v) is 8.38. The van der Waals surface area contributed by atoms with Crippen LogP contribution in [-0.2, 0) is 0 Å². The molecule has 5 nitrogen and oxygen atoms in total. The Bertz CT molecular complexity index is 936. The lowest BCUT2D eigenvalue weighted by molar-refractivity contribution is 0.0952. The molecule has 0 saturated heterocycles. The molecule has 2 N–H and O–H groups in total. The number of amides is 1. The van der Waals surface area contributed by atoms with E-state index in [1.807, 2.05) is 12.1 Å². The summed E-state index contributed by atoms with van der Waals surface area (Å²) in [7, 11) is 0. The lowest BCUT2D eigenvalue weighted by atomic mass is 10.2. The number of halogens is 2. The van der Waals surface area contributed by atoms with Gasteiger partial charge in [-0.05, 0) is 54.6 Å². The molecule has 1 heterocycles. The summed E-state index contributed by atoms with van der Waals surface area (Å²) in [5.74, 6) is 0.483. The Morgan fingerprint density at radius 2 is 1.92 bits per heavy atom. The molecule has 0 spiro atoms. The smallest absolute Gasteiger partial charge is 0.275 e. The summed E-state index contributed by atoms with van der Waals surface area (Å²) in [5, 5.41) is 14.2. The zero-order valence-corrected chi connectivity index (χ0v) is 15.1. The highest BCUT2D eigenvalue weighted by Crippen LogP contribution is 2.23. The van der Waals surface area contributed by atoms with Crippen LogP contribution in [0.15, 0.2) is 68.6 Å². The zero-order valence-electron chi connectivity index (χ0n) is 12.7. The van der Waals surface area contributed by atoms with Gasteiger partial charge in [-0.3, -0.25) is 4.79 Å². The van der Waals surface area contributed by atoms with E-state index in [-0.39, 0.29) is 11.3 Å². The highest BCUT2D eigenvalue weighted by atomic mass is 79.9. The predicted molar refractivity (Wildman–Crippen MR) is 100 cm³/mol. The van der Waals surface area contributed by atoms with E-state index in [2.05, 4.69) is 26.5 Å². The third-order valence-corrected chi connectivity index (χ3v) is 4.06. The van der Waals surface area contributed by atoms with Crippen LogP contribution in [0.1, 0.15) is 16.1 Å². The first-order chi connectivity index (χ1) is 12.0. The van der Waals surface area contributed by atoms with Gasteiger partial charge in [0.2, 0.25) is 0 Å². The lowest BCUT2D eigenvalue weighted by Crippen LogP contribution is -2.17. The van der Waals surface area contributed by atoms with Crippen LogP contribution in [0, 0.1) is 0 Å². The van der Waals surface area contributed by atoms with Gasteiger partial charge >= 0.3 is 0 Å². The predicted octanol–water partition coefficient (Wildman–Crippen LogP) is 4.83. The number of hydrazone groups is 1. The van der Waals surface area contributed by atoms with Crippen LogP contribution >= 0.6 is 27.5 Å². The molecule has 0 aliphatic rings. The average molecular weight is 420 g/mol. The largest absolute Gasteiger partial charge is 0.507 e. The highest BCUT2D eigenvalue weighted by Gasteiger charge is 2.10. The molecule has 0 saturated carbocycles. The van der Waals surface area contributed by atoms with Crippen molar-refractivity contribution in [3.63, 3.8) is 0 Å². The second kappa shape index (κ2) is 7.55. The van der Waals surface area contributed by atoms with Crippen molar-refractivity contribution in [3.8, 4) is 17.1 Å². The summed E-state index contributed by atoms with van der Waals surface area (Å²) in [6.07, 6.45) is 1.38. The maximum absolute atomic E-state index is 12.0. The second-order valence-electron chi connectivity index (χ2n) is 5.07. The summed E-state index contributed by atoms with van der Waals surface area (Å²) in [4.78, 5) is 12.0. The number of hydrogen-bond acceptors (Lipinski definition) is 4. The summed E-state index contributed by atoms with van der Waals surface area (Å²) in [5.41, 5.74) is 3.34. The number of phenolic OH excluding ortho intramolecular Hbond substituents is 1. The fourth-order valence-electron chi connectivity index (χ4n) is 2.10. The topological polar surface area (TPSA) is 74.8 Å². The molecule has 25 heavy (non-hydrogen) atoms. The Hall–Kier alpha value is -2.57. The molecule has 126 valence electrons. The maximum atomic E-state index is 12.0. The third-order valence-electron chi connectivity index (χ3n) is 3.32. The van der Waals surface area contributed by atoms with E-state index >= 15 is 0 Å². The van der Waals surface area contributed by atoms with Gasteiger partial charge in [0.05, 0.1) is 11.8 Å². The Morgan fingerprint density at radius 3 is 2.68 bits per heavy atom. The second-order valence-corrected chi connectivity index (χ2v) is 6.42. The molecule has 0 unspecified atom stereocenters. The summed E-state index contributed by atoms with van der Waals surface area (Å²) in [6, 6.07) is 15.3. The van der Waals surface area contributed by atoms with Gasteiger partial charge in [0, 0.05) is 15.1 Å². The number of nitrogens with one attached hydrogen (secondary N) is 1. The normalized spacial score (nSPS) is 11.0. The van der Waals surface area contributed by atoms with E-state index in [4.69, 9.17) is 16.0 Å². The minimum Gasteiger partial charge on any atom is -0.507 e. The van der Waals surface area contributed by atoms with Crippen molar-refractivity contribution in [1.29, 1.82) is 0 Å². The highest BCUT2D eigenvalue weighted by molar-refractivity contribution is 9.10. The summed E-state index contributed by atoms with van der Waals surface area (Å²) < 4.78 is 6.32. The van der Waals surface area contributed by atoms with Gasteiger partial charge in [0.15, 0.2) is 0 Å². The molecule has 1 amide bonds. The Morgan fingerprint density at radius 1 is 1.16 bits per heavy atom. The molecule has 7 heteroatoms. The number of furan rings is 1. The van der Waals surface area contributed by atoms with Crippen molar-refractivity contribution < 1.29 is 14.3 Å². The molecular weight excluding hydrogens is 408 g/mol. The van der Waals surface area contributed by atoms with Crippen LogP contribution in [0.25, 0.3) is 11.3 Å². The average Bonchev–Trinajstić information content (AvgIpc) is 3.06.